The minimum Gasteiger partial charge on any atom is -0.478 e. The number of aryl methyl sites for hydroxylation is 1. The molecule has 6 nitrogen and oxygen atoms in total. The van der Waals surface area contributed by atoms with E-state index in [0.29, 0.717) is 25.3 Å². The first-order valence-corrected chi connectivity index (χ1v) is 7.16. The number of nitrogens with zero attached hydrogens (tertiary/aromatic N) is 2. The molecule has 1 aliphatic rings. The summed E-state index contributed by atoms with van der Waals surface area (Å²) in [4.78, 5) is 29.7. The van der Waals surface area contributed by atoms with Gasteiger partial charge in [-0.3, -0.25) is 4.79 Å². The Kier molecular flexibility index (Phi) is 4.16. The predicted molar refractivity (Wildman–Crippen MR) is 79.6 cm³/mol. The summed E-state index contributed by atoms with van der Waals surface area (Å²) in [7, 11) is 0. The Morgan fingerprint density at radius 3 is 2.81 bits per heavy atom. The molecule has 0 atom stereocenters. The van der Waals surface area contributed by atoms with Crippen molar-refractivity contribution in [1.82, 2.24) is 10.3 Å². The number of carboxylic acid groups (broad SMARTS) is 1. The van der Waals surface area contributed by atoms with Crippen LogP contribution in [0, 0.1) is 0 Å². The zero-order valence-corrected chi connectivity index (χ0v) is 12.6. The molecule has 1 fully saturated rings. The molecule has 1 aromatic rings. The Bertz CT molecular complexity index is 569. The van der Waals surface area contributed by atoms with Gasteiger partial charge in [0.15, 0.2) is 0 Å². The van der Waals surface area contributed by atoms with Crippen LogP contribution in [0.15, 0.2) is 12.1 Å². The standard InChI is InChI=1S/C15H21N3O3/c1-4-5-11-8-10(13(19)20)9-12(17-11)18-7-6-16-14(21)15(18,2)3/h8-9H,4-7H2,1-3H3,(H,16,21)(H,19,20). The highest BCUT2D eigenvalue weighted by molar-refractivity contribution is 5.91. The minimum atomic E-state index is -0.977. The molecule has 114 valence electrons. The lowest BCUT2D eigenvalue weighted by molar-refractivity contribution is -0.126. The van der Waals surface area contributed by atoms with Gasteiger partial charge in [0.05, 0.1) is 5.56 Å². The molecule has 2 N–H and O–H groups in total. The molecule has 2 rings (SSSR count). The van der Waals surface area contributed by atoms with E-state index in [1.54, 1.807) is 12.1 Å². The fourth-order valence-corrected chi connectivity index (χ4v) is 2.52. The summed E-state index contributed by atoms with van der Waals surface area (Å²) < 4.78 is 0. The molecule has 0 radical (unpaired) electrons. The lowest BCUT2D eigenvalue weighted by Gasteiger charge is -2.42. The van der Waals surface area contributed by atoms with Gasteiger partial charge in [0.25, 0.3) is 0 Å². The maximum Gasteiger partial charge on any atom is 0.335 e. The van der Waals surface area contributed by atoms with E-state index in [1.807, 2.05) is 25.7 Å². The number of hydrogen-bond acceptors (Lipinski definition) is 4. The number of carboxylic acids is 1. The Morgan fingerprint density at radius 2 is 2.19 bits per heavy atom. The number of rotatable bonds is 4. The molecule has 0 spiro atoms. The third-order valence-corrected chi connectivity index (χ3v) is 3.75. The van der Waals surface area contributed by atoms with E-state index in [1.165, 1.54) is 0 Å². The van der Waals surface area contributed by atoms with Crippen LogP contribution >= 0.6 is 0 Å². The SMILES string of the molecule is CCCc1cc(C(=O)O)cc(N2CCNC(=O)C2(C)C)n1. The first-order valence-electron chi connectivity index (χ1n) is 7.16. The highest BCUT2D eigenvalue weighted by Crippen LogP contribution is 2.26. The number of amides is 1. The van der Waals surface area contributed by atoms with Crippen LogP contribution in [0.3, 0.4) is 0 Å². The highest BCUT2D eigenvalue weighted by atomic mass is 16.4. The Balaban J connectivity index is 2.46. The van der Waals surface area contributed by atoms with Crippen LogP contribution in [0.4, 0.5) is 5.82 Å². The third-order valence-electron chi connectivity index (χ3n) is 3.75. The van der Waals surface area contributed by atoms with E-state index in [9.17, 15) is 14.7 Å². The average Bonchev–Trinajstić information content (AvgIpc) is 2.41. The quantitative estimate of drug-likeness (QED) is 0.877. The van der Waals surface area contributed by atoms with Gasteiger partial charge in [-0.15, -0.1) is 0 Å². The fraction of sp³-hybridized carbons (Fsp3) is 0.533. The van der Waals surface area contributed by atoms with E-state index in [0.717, 1.165) is 12.1 Å². The van der Waals surface area contributed by atoms with E-state index in [-0.39, 0.29) is 11.5 Å². The summed E-state index contributed by atoms with van der Waals surface area (Å²) in [6, 6.07) is 3.15. The first-order chi connectivity index (χ1) is 9.86. The van der Waals surface area contributed by atoms with Crippen molar-refractivity contribution >= 4 is 17.7 Å². The van der Waals surface area contributed by atoms with Crippen molar-refractivity contribution in [2.45, 2.75) is 39.2 Å². The molecular formula is C15H21N3O3. The highest BCUT2D eigenvalue weighted by Gasteiger charge is 2.38. The van der Waals surface area contributed by atoms with Gasteiger partial charge in [-0.05, 0) is 32.4 Å². The maximum atomic E-state index is 12.0. The monoisotopic (exact) mass is 291 g/mol. The van der Waals surface area contributed by atoms with Crippen LogP contribution in [-0.2, 0) is 11.2 Å². The Hall–Kier alpha value is -2.11. The number of nitrogens with one attached hydrogen (secondary N) is 1. The Morgan fingerprint density at radius 1 is 1.48 bits per heavy atom. The van der Waals surface area contributed by atoms with Gasteiger partial charge in [0, 0.05) is 18.8 Å². The van der Waals surface area contributed by atoms with Crippen molar-refractivity contribution in [3.05, 3.63) is 23.4 Å². The maximum absolute atomic E-state index is 12.0. The molecule has 0 bridgehead atoms. The lowest BCUT2D eigenvalue weighted by atomic mass is 9.98. The fourth-order valence-electron chi connectivity index (χ4n) is 2.52. The third kappa shape index (κ3) is 2.99. The van der Waals surface area contributed by atoms with Crippen LogP contribution in [-0.4, -0.2) is 40.6 Å². The van der Waals surface area contributed by atoms with E-state index >= 15 is 0 Å². The van der Waals surface area contributed by atoms with Crippen molar-refractivity contribution in [3.63, 3.8) is 0 Å². The summed E-state index contributed by atoms with van der Waals surface area (Å²) in [5, 5.41) is 12.1. The summed E-state index contributed by atoms with van der Waals surface area (Å²) in [6.45, 7) is 6.80. The van der Waals surface area contributed by atoms with Crippen LogP contribution in [0.1, 0.15) is 43.2 Å². The number of piperazine rings is 1. The molecule has 0 unspecified atom stereocenters. The normalized spacial score (nSPS) is 17.5. The van der Waals surface area contributed by atoms with Crippen LogP contribution in [0.2, 0.25) is 0 Å². The molecule has 1 amide bonds. The number of aromatic nitrogens is 1. The molecule has 0 saturated carbocycles. The number of hydrogen-bond donors (Lipinski definition) is 2. The Labute approximate surface area is 124 Å². The van der Waals surface area contributed by atoms with Crippen molar-refractivity contribution in [1.29, 1.82) is 0 Å². The zero-order chi connectivity index (χ0) is 15.6. The summed E-state index contributed by atoms with van der Waals surface area (Å²) >= 11 is 0. The topological polar surface area (TPSA) is 82.5 Å². The molecule has 21 heavy (non-hydrogen) atoms. The number of pyridine rings is 1. The van der Waals surface area contributed by atoms with Gasteiger partial charge in [0.1, 0.15) is 11.4 Å². The molecule has 1 aliphatic heterocycles. The predicted octanol–water partition coefficient (Wildman–Crippen LogP) is 1.45. The van der Waals surface area contributed by atoms with Gasteiger partial charge in [-0.1, -0.05) is 13.3 Å². The summed E-state index contributed by atoms with van der Waals surface area (Å²) in [6.07, 6.45) is 1.61. The van der Waals surface area contributed by atoms with Crippen molar-refractivity contribution in [2.75, 3.05) is 18.0 Å². The van der Waals surface area contributed by atoms with Gasteiger partial charge < -0.3 is 15.3 Å². The van der Waals surface area contributed by atoms with Crippen molar-refractivity contribution < 1.29 is 14.7 Å². The van der Waals surface area contributed by atoms with Crippen LogP contribution in [0.5, 0.6) is 0 Å². The van der Waals surface area contributed by atoms with Gasteiger partial charge in [-0.2, -0.15) is 0 Å². The molecule has 2 heterocycles. The molecule has 6 heteroatoms. The number of aromatic carboxylic acids is 1. The molecule has 1 aromatic heterocycles. The number of anilines is 1. The van der Waals surface area contributed by atoms with E-state index in [2.05, 4.69) is 10.3 Å². The first kappa shape index (κ1) is 15.3. The average molecular weight is 291 g/mol. The molecule has 0 aliphatic carbocycles. The van der Waals surface area contributed by atoms with Crippen molar-refractivity contribution in [2.24, 2.45) is 0 Å². The second kappa shape index (κ2) is 5.71. The number of carbonyl (C=O) groups is 2. The van der Waals surface area contributed by atoms with Gasteiger partial charge in [0.2, 0.25) is 5.91 Å². The van der Waals surface area contributed by atoms with Crippen LogP contribution < -0.4 is 10.2 Å². The van der Waals surface area contributed by atoms with E-state index in [4.69, 9.17) is 0 Å². The van der Waals surface area contributed by atoms with Gasteiger partial charge in [-0.25, -0.2) is 9.78 Å². The lowest BCUT2D eigenvalue weighted by Crippen LogP contribution is -2.62. The van der Waals surface area contributed by atoms with Crippen molar-refractivity contribution in [3.8, 4) is 0 Å². The molecule has 0 aromatic carbocycles. The summed E-state index contributed by atoms with van der Waals surface area (Å²) in [5.74, 6) is -0.498. The molecular weight excluding hydrogens is 270 g/mol. The van der Waals surface area contributed by atoms with Gasteiger partial charge >= 0.3 is 5.97 Å². The zero-order valence-electron chi connectivity index (χ0n) is 12.6. The second-order valence-corrected chi connectivity index (χ2v) is 5.73. The largest absolute Gasteiger partial charge is 0.478 e. The molecule has 1 saturated heterocycles. The summed E-state index contributed by atoms with van der Waals surface area (Å²) in [5.41, 5.74) is 0.214. The minimum absolute atomic E-state index is 0.0756. The van der Waals surface area contributed by atoms with Crippen LogP contribution in [0.25, 0.3) is 0 Å². The van der Waals surface area contributed by atoms with E-state index < -0.39 is 11.5 Å². The smallest absolute Gasteiger partial charge is 0.335 e. The second-order valence-electron chi connectivity index (χ2n) is 5.73. The number of carbonyl (C=O) groups excluding carboxylic acids is 1.